The number of nitrogens with one attached hydrogen (secondary N) is 2. The second-order valence-corrected chi connectivity index (χ2v) is 14.3. The van der Waals surface area contributed by atoms with E-state index in [1.54, 1.807) is 0 Å². The zero-order valence-electron chi connectivity index (χ0n) is 31.5. The Morgan fingerprint density at radius 2 is 1.35 bits per heavy atom. The number of hydrogen-bond donors (Lipinski definition) is 5. The molecule has 0 unspecified atom stereocenters. The third kappa shape index (κ3) is 8.96. The van der Waals surface area contributed by atoms with Crippen molar-refractivity contribution in [3.8, 4) is 5.69 Å². The lowest BCUT2D eigenvalue weighted by Crippen LogP contribution is -2.71. The maximum absolute atomic E-state index is 6.36. The molecule has 1 aliphatic carbocycles. The summed E-state index contributed by atoms with van der Waals surface area (Å²) in [6.07, 6.45) is 14.6. The molecule has 274 valence electrons. The van der Waals surface area contributed by atoms with Crippen LogP contribution in [0.1, 0.15) is 56.1 Å². The second-order valence-electron chi connectivity index (χ2n) is 14.3. The van der Waals surface area contributed by atoms with Crippen molar-refractivity contribution in [3.05, 3.63) is 138 Å². The van der Waals surface area contributed by atoms with E-state index in [0.717, 1.165) is 105 Å². The maximum Gasteiger partial charge on any atom is 0.239 e. The number of unbranched alkanes of at least 4 members (excludes halogenated alkanes) is 5. The summed E-state index contributed by atoms with van der Waals surface area (Å²) in [5.74, 6) is 0. The first kappa shape index (κ1) is 36.4. The molecule has 0 amide bonds. The molecule has 8 nitrogen and oxygen atoms in total. The van der Waals surface area contributed by atoms with Crippen molar-refractivity contribution < 1.29 is 9.88 Å². The van der Waals surface area contributed by atoms with Gasteiger partial charge in [0.05, 0.1) is 0 Å². The minimum atomic E-state index is 0.774. The van der Waals surface area contributed by atoms with Gasteiger partial charge in [0.25, 0.3) is 0 Å². The van der Waals surface area contributed by atoms with E-state index in [1.165, 1.54) is 37.8 Å². The molecule has 0 radical (unpaired) electrons. The van der Waals surface area contributed by atoms with Crippen LogP contribution in [0.15, 0.2) is 132 Å². The van der Waals surface area contributed by atoms with E-state index in [9.17, 15) is 0 Å². The molecule has 0 spiro atoms. The van der Waals surface area contributed by atoms with Gasteiger partial charge in [-0.05, 0) is 86.4 Å². The van der Waals surface area contributed by atoms with Gasteiger partial charge in [-0.1, -0.05) is 68.2 Å². The van der Waals surface area contributed by atoms with Crippen molar-refractivity contribution in [1.29, 1.82) is 0 Å². The summed E-state index contributed by atoms with van der Waals surface area (Å²) in [7, 11) is 0. The maximum atomic E-state index is 6.36. The van der Waals surface area contributed by atoms with E-state index in [4.69, 9.17) is 21.4 Å². The van der Waals surface area contributed by atoms with Crippen LogP contribution in [0.5, 0.6) is 0 Å². The highest BCUT2D eigenvalue weighted by molar-refractivity contribution is 6.00. The molecule has 8 heteroatoms. The van der Waals surface area contributed by atoms with Gasteiger partial charge in [-0.3, -0.25) is 5.32 Å². The quantitative estimate of drug-likeness (QED) is 0.0315. The third-order valence-electron chi connectivity index (χ3n) is 10.1. The number of anilines is 3. The Kier molecular flexibility index (Phi) is 11.6. The summed E-state index contributed by atoms with van der Waals surface area (Å²) in [6, 6.07) is 35.5. The van der Waals surface area contributed by atoms with Gasteiger partial charge in [0.1, 0.15) is 22.4 Å². The summed E-state index contributed by atoms with van der Waals surface area (Å²) >= 11 is 0. The average molecular weight is 717 g/mol. The number of hydrogen-bond acceptors (Lipinski definition) is 6. The first-order chi connectivity index (χ1) is 26.4. The van der Waals surface area contributed by atoms with E-state index >= 15 is 0 Å². The van der Waals surface area contributed by atoms with E-state index in [2.05, 4.69) is 105 Å². The number of rotatable bonds is 15. The normalized spacial score (nSPS) is 13.4. The van der Waals surface area contributed by atoms with E-state index in [1.807, 2.05) is 50.2 Å². The Balaban J connectivity index is 0.836. The van der Waals surface area contributed by atoms with Crippen molar-refractivity contribution in [2.45, 2.75) is 58.8 Å². The molecule has 1 aliphatic rings. The van der Waals surface area contributed by atoms with Gasteiger partial charge in [0.15, 0.2) is 5.69 Å². The topological polar surface area (TPSA) is 122 Å². The molecule has 7 rings (SSSR count). The Hall–Kier alpha value is -5.99. The van der Waals surface area contributed by atoms with Crippen molar-refractivity contribution >= 4 is 61.9 Å². The van der Waals surface area contributed by atoms with E-state index in [-0.39, 0.29) is 0 Å². The number of aliphatic imine (C=N–C) groups is 1. The summed E-state index contributed by atoms with van der Waals surface area (Å²) in [4.78, 5) is 10.0. The molecular weight excluding hydrogens is 665 g/mol. The minimum Gasteiger partial charge on any atom is -0.398 e. The van der Waals surface area contributed by atoms with Crippen LogP contribution in [-0.2, 0) is 0 Å². The van der Waals surface area contributed by atoms with Crippen LogP contribution in [0.4, 0.5) is 34.1 Å². The highest BCUT2D eigenvalue weighted by atomic mass is 15.0. The largest absolute Gasteiger partial charge is 0.398 e. The van der Waals surface area contributed by atoms with E-state index < -0.39 is 0 Å². The van der Waals surface area contributed by atoms with Gasteiger partial charge in [-0.25, -0.2) is 9.98 Å². The lowest BCUT2D eigenvalue weighted by atomic mass is 10.1. The molecule has 54 heavy (non-hydrogen) atoms. The Bertz CT molecular complexity index is 2330. The first-order valence-corrected chi connectivity index (χ1v) is 19.3. The fourth-order valence-corrected chi connectivity index (χ4v) is 6.98. The molecule has 0 atom stereocenters. The lowest BCUT2D eigenvalue weighted by Gasteiger charge is -2.13. The Morgan fingerprint density at radius 1 is 0.685 bits per heavy atom. The Morgan fingerprint density at radius 3 is 2.09 bits per heavy atom. The number of fused-ring (bicyclic) bond motifs is 2. The van der Waals surface area contributed by atoms with Crippen molar-refractivity contribution in [2.75, 3.05) is 29.9 Å². The molecule has 0 saturated carbocycles. The summed E-state index contributed by atoms with van der Waals surface area (Å²) in [5.41, 5.74) is 27.8. The molecule has 5 aromatic carbocycles. The van der Waals surface area contributed by atoms with Crippen molar-refractivity contribution in [3.63, 3.8) is 0 Å². The second kappa shape index (κ2) is 17.2. The van der Waals surface area contributed by atoms with E-state index in [0.29, 0.717) is 0 Å². The third-order valence-corrected chi connectivity index (χ3v) is 10.1. The molecule has 0 bridgehead atoms. The number of para-hydroxylation sites is 2. The fraction of sp³-hybridized carbons (Fsp3) is 0.239. The first-order valence-electron chi connectivity index (χ1n) is 19.3. The lowest BCUT2D eigenvalue weighted by molar-refractivity contribution is -0.538. The molecule has 8 N–H and O–H groups in total. The van der Waals surface area contributed by atoms with Gasteiger partial charge in [-0.2, -0.15) is 0 Å². The highest BCUT2D eigenvalue weighted by Crippen LogP contribution is 2.29. The van der Waals surface area contributed by atoms with Crippen LogP contribution in [0.25, 0.3) is 27.8 Å². The van der Waals surface area contributed by atoms with Crippen LogP contribution < -0.4 is 32.0 Å². The van der Waals surface area contributed by atoms with Crippen LogP contribution in [-0.4, -0.2) is 23.8 Å². The zero-order chi connectivity index (χ0) is 37.3. The van der Waals surface area contributed by atoms with Gasteiger partial charge in [0.2, 0.25) is 16.7 Å². The number of nitrogens with two attached hydrogens (primary N) is 3. The molecule has 1 heterocycles. The number of aromatic nitrogens is 2. The average Bonchev–Trinajstić information content (AvgIpc) is 3.18. The van der Waals surface area contributed by atoms with Gasteiger partial charge < -0.3 is 22.1 Å². The van der Waals surface area contributed by atoms with Crippen LogP contribution in [0.2, 0.25) is 0 Å². The summed E-state index contributed by atoms with van der Waals surface area (Å²) in [5, 5.41) is 9.42. The fourth-order valence-electron chi connectivity index (χ4n) is 6.98. The zero-order valence-corrected chi connectivity index (χ0v) is 31.5. The van der Waals surface area contributed by atoms with Gasteiger partial charge in [-0.15, -0.1) is 4.57 Å². The van der Waals surface area contributed by atoms with Crippen molar-refractivity contribution in [1.82, 2.24) is 10.3 Å². The monoisotopic (exact) mass is 716 g/mol. The molecule has 1 aromatic heterocycles. The van der Waals surface area contributed by atoms with Crippen LogP contribution >= 0.6 is 0 Å². The highest BCUT2D eigenvalue weighted by Gasteiger charge is 2.21. The SMILES string of the molecule is Cc1cc(N=C2C=CC(NCCCCCCCCNc3ccc4nc5cc(C)c(N)cc5[n+](-c5ccccc5)c4c3)=CC2)c([NH2+]c2ccccc2)cc1N. The number of quaternary nitrogens is 1. The van der Waals surface area contributed by atoms with Crippen LogP contribution in [0.3, 0.4) is 0 Å². The molecule has 0 aliphatic heterocycles. The number of benzene rings is 5. The van der Waals surface area contributed by atoms with Gasteiger partial charge in [0, 0.05) is 78.3 Å². The molecular formula is C46H52N8+2. The predicted molar refractivity (Wildman–Crippen MR) is 226 cm³/mol. The Labute approximate surface area is 318 Å². The van der Waals surface area contributed by atoms with Crippen LogP contribution in [0, 0.1) is 13.8 Å². The predicted octanol–water partition coefficient (Wildman–Crippen LogP) is 8.93. The molecule has 6 aromatic rings. The smallest absolute Gasteiger partial charge is 0.239 e. The standard InChI is InChI=1S/C46H50N8/c1-32-27-42(43(30-39(32)47)51-35-15-9-7-10-16-35)52-36-21-19-34(20-22-36)49-25-13-5-3-4-6-14-26-50-37-23-24-41-45(29-37)54(38-17-11-8-12-18-38)46-31-40(48)33(2)28-44(46)53-41/h7-12,15-21,23-24,27-31,49,51H,3-6,13-14,22,25-26,47H2,1-2H3,(H2,48,50)/p+2. The number of nitrogen functional groups attached to an aromatic ring is 2. The number of nitrogens with zero attached hydrogens (tertiary/aromatic N) is 3. The van der Waals surface area contributed by atoms with Crippen molar-refractivity contribution in [2.24, 2.45) is 4.99 Å². The summed E-state index contributed by atoms with van der Waals surface area (Å²) in [6.45, 7) is 6.00. The van der Waals surface area contributed by atoms with Gasteiger partial charge >= 0.3 is 0 Å². The number of allylic oxidation sites excluding steroid dienone is 3. The number of aryl methyl sites for hydroxylation is 2. The molecule has 0 fully saturated rings. The minimum absolute atomic E-state index is 0.774. The summed E-state index contributed by atoms with van der Waals surface area (Å²) < 4.78 is 2.27. The molecule has 0 saturated heterocycles.